The minimum atomic E-state index is -5.40. The highest BCUT2D eigenvalue weighted by atomic mass is 35.5. The molecule has 1 fully saturated rings. The van der Waals surface area contributed by atoms with Crippen LogP contribution in [0.25, 0.3) is 0 Å². The van der Waals surface area contributed by atoms with Crippen LogP contribution in [0.3, 0.4) is 0 Å². The first-order valence-corrected chi connectivity index (χ1v) is 3.96. The molecule has 0 radical (unpaired) electrons. The fourth-order valence-corrected chi connectivity index (χ4v) is 1.17. The Morgan fingerprint density at radius 3 is 1.29 bits per heavy atom. The van der Waals surface area contributed by atoms with Gasteiger partial charge in [0.2, 0.25) is 0 Å². The van der Waals surface area contributed by atoms with Gasteiger partial charge in [-0.2, -0.15) is 22.0 Å². The highest BCUT2D eigenvalue weighted by Gasteiger charge is 2.76. The lowest BCUT2D eigenvalue weighted by molar-refractivity contribution is -0.318. The lowest BCUT2D eigenvalue weighted by atomic mass is 10.6. The Hall–Kier alpha value is 0.440. The van der Waals surface area contributed by atoms with Gasteiger partial charge in [-0.1, -0.05) is 0 Å². The lowest BCUT2D eigenvalue weighted by Gasteiger charge is -2.21. The molecule has 14 heavy (non-hydrogen) atoms. The Labute approximate surface area is 88.8 Å². The average Bonchev–Trinajstić information content (AvgIpc) is 1.95. The Bertz CT molecular complexity index is 236. The standard InChI is InChI=1S/C4Cl3F5O2/c5-1(8)2(6,9)14-3(7,13-1)4(10,11)12. The number of hydrogen-bond donors (Lipinski definition) is 0. The molecule has 84 valence electrons. The van der Waals surface area contributed by atoms with Crippen molar-refractivity contribution in [3.05, 3.63) is 0 Å². The van der Waals surface area contributed by atoms with E-state index in [9.17, 15) is 22.0 Å². The van der Waals surface area contributed by atoms with Crippen molar-refractivity contribution in [3.8, 4) is 0 Å². The second-order valence-electron chi connectivity index (χ2n) is 2.27. The topological polar surface area (TPSA) is 18.5 Å². The zero-order chi connectivity index (χ0) is 11.4. The van der Waals surface area contributed by atoms with Gasteiger partial charge in [0.25, 0.3) is 0 Å². The summed E-state index contributed by atoms with van der Waals surface area (Å²) in [4.78, 5) is 0. The maximum Gasteiger partial charge on any atom is 0.460 e. The molecule has 0 aliphatic carbocycles. The highest BCUT2D eigenvalue weighted by molar-refractivity contribution is 6.33. The third-order valence-electron chi connectivity index (χ3n) is 1.20. The summed E-state index contributed by atoms with van der Waals surface area (Å²) in [5.74, 6) is 0. The third-order valence-corrected chi connectivity index (χ3v) is 2.30. The molecule has 0 N–H and O–H groups in total. The molecule has 0 spiro atoms. The van der Waals surface area contributed by atoms with Crippen molar-refractivity contribution in [1.82, 2.24) is 0 Å². The predicted octanol–water partition coefficient (Wildman–Crippen LogP) is 3.21. The molecule has 2 atom stereocenters. The molecule has 0 saturated carbocycles. The van der Waals surface area contributed by atoms with Gasteiger partial charge in [-0.25, -0.2) is 0 Å². The molecule has 1 saturated heterocycles. The van der Waals surface area contributed by atoms with Crippen molar-refractivity contribution in [3.63, 3.8) is 0 Å². The van der Waals surface area contributed by atoms with Gasteiger partial charge in [0.05, 0.1) is 0 Å². The quantitative estimate of drug-likeness (QED) is 0.501. The molecule has 1 aliphatic rings. The summed E-state index contributed by atoms with van der Waals surface area (Å²) in [6, 6.07) is 0. The van der Waals surface area contributed by atoms with Gasteiger partial charge < -0.3 is 0 Å². The maximum absolute atomic E-state index is 12.7. The smallest absolute Gasteiger partial charge is 0.274 e. The van der Waals surface area contributed by atoms with Crippen LogP contribution in [0.1, 0.15) is 0 Å². The molecule has 1 rings (SSSR count). The van der Waals surface area contributed by atoms with Gasteiger partial charge in [0, 0.05) is 0 Å². The van der Waals surface area contributed by atoms with Crippen molar-refractivity contribution in [2.75, 3.05) is 0 Å². The Morgan fingerprint density at radius 2 is 1.14 bits per heavy atom. The van der Waals surface area contributed by atoms with Crippen LogP contribution in [0.2, 0.25) is 0 Å². The van der Waals surface area contributed by atoms with Gasteiger partial charge in [-0.3, -0.25) is 9.47 Å². The van der Waals surface area contributed by atoms with E-state index < -0.39 is 22.1 Å². The van der Waals surface area contributed by atoms with Crippen LogP contribution in [0, 0.1) is 0 Å². The van der Waals surface area contributed by atoms with E-state index in [1.165, 1.54) is 0 Å². The van der Waals surface area contributed by atoms with E-state index in [4.69, 9.17) is 0 Å². The van der Waals surface area contributed by atoms with Crippen LogP contribution in [0.5, 0.6) is 0 Å². The first-order chi connectivity index (χ1) is 5.91. The fraction of sp³-hybridized carbons (Fsp3) is 1.00. The molecule has 0 aromatic carbocycles. The Kier molecular flexibility index (Phi) is 2.66. The normalized spacial score (nSPS) is 49.7. The molecule has 2 nitrogen and oxygen atoms in total. The van der Waals surface area contributed by atoms with E-state index in [0.29, 0.717) is 0 Å². The molecule has 0 bridgehead atoms. The molecule has 1 heterocycles. The van der Waals surface area contributed by atoms with Crippen LogP contribution < -0.4 is 0 Å². The molecular weight excluding hydrogens is 281 g/mol. The number of ether oxygens (including phenoxy) is 2. The Morgan fingerprint density at radius 1 is 0.857 bits per heavy atom. The molecule has 0 aromatic heterocycles. The number of rotatable bonds is 0. The number of hydrogen-bond acceptors (Lipinski definition) is 2. The van der Waals surface area contributed by atoms with Gasteiger partial charge in [0.1, 0.15) is 0 Å². The second-order valence-corrected chi connectivity index (χ2v) is 3.74. The zero-order valence-corrected chi connectivity index (χ0v) is 8.11. The summed E-state index contributed by atoms with van der Waals surface area (Å²) in [6.07, 6.45) is -5.40. The van der Waals surface area contributed by atoms with Gasteiger partial charge in [-0.05, 0) is 34.8 Å². The van der Waals surface area contributed by atoms with Crippen molar-refractivity contribution in [2.24, 2.45) is 0 Å². The fourth-order valence-electron chi connectivity index (χ4n) is 0.585. The van der Waals surface area contributed by atoms with Crippen LogP contribution in [-0.4, -0.2) is 22.1 Å². The SMILES string of the molecule is FC(F)(F)C1(Cl)OC(F)(Cl)C(F)(Cl)O1. The number of alkyl halides is 8. The minimum Gasteiger partial charge on any atom is -0.274 e. The van der Waals surface area contributed by atoms with Crippen molar-refractivity contribution in [2.45, 2.75) is 22.1 Å². The van der Waals surface area contributed by atoms with Crippen molar-refractivity contribution >= 4 is 34.8 Å². The molecular formula is C4Cl3F5O2. The van der Waals surface area contributed by atoms with Crippen molar-refractivity contribution < 1.29 is 31.4 Å². The maximum atomic E-state index is 12.7. The summed E-state index contributed by atoms with van der Waals surface area (Å²) in [6.45, 7) is 0. The monoisotopic (exact) mass is 280 g/mol. The van der Waals surface area contributed by atoms with Crippen molar-refractivity contribution in [1.29, 1.82) is 0 Å². The summed E-state index contributed by atoms with van der Waals surface area (Å²) in [5, 5.41) is -12.1. The van der Waals surface area contributed by atoms with Crippen LogP contribution in [0.4, 0.5) is 22.0 Å². The van der Waals surface area contributed by atoms with E-state index in [1.807, 2.05) is 0 Å². The second kappa shape index (κ2) is 2.98. The van der Waals surface area contributed by atoms with E-state index >= 15 is 0 Å². The van der Waals surface area contributed by atoms with Crippen LogP contribution in [0.15, 0.2) is 0 Å². The molecule has 2 unspecified atom stereocenters. The lowest BCUT2D eigenvalue weighted by Crippen LogP contribution is -2.42. The van der Waals surface area contributed by atoms with Crippen LogP contribution in [-0.2, 0) is 9.47 Å². The van der Waals surface area contributed by atoms with E-state index in [0.717, 1.165) is 0 Å². The van der Waals surface area contributed by atoms with Crippen LogP contribution >= 0.6 is 34.8 Å². The first kappa shape index (κ1) is 12.5. The summed E-state index contributed by atoms with van der Waals surface area (Å²) >= 11 is 13.7. The molecule has 10 heteroatoms. The average molecular weight is 281 g/mol. The minimum absolute atomic E-state index is 3.33. The van der Waals surface area contributed by atoms with E-state index in [2.05, 4.69) is 44.3 Å². The summed E-state index contributed by atoms with van der Waals surface area (Å²) in [5.41, 5.74) is 0. The molecule has 0 aromatic rings. The number of halogens is 8. The van der Waals surface area contributed by atoms with Gasteiger partial charge >= 0.3 is 22.1 Å². The molecule has 0 amide bonds. The van der Waals surface area contributed by atoms with Gasteiger partial charge in [-0.15, -0.1) is 0 Å². The molecule has 1 aliphatic heterocycles. The largest absolute Gasteiger partial charge is 0.460 e. The third kappa shape index (κ3) is 1.76. The highest BCUT2D eigenvalue weighted by Crippen LogP contribution is 2.57. The predicted molar refractivity (Wildman–Crippen MR) is 36.2 cm³/mol. The summed E-state index contributed by atoms with van der Waals surface area (Å²) < 4.78 is 68.1. The first-order valence-electron chi connectivity index (χ1n) is 2.83. The van der Waals surface area contributed by atoms with E-state index in [-0.39, 0.29) is 0 Å². The Balaban J connectivity index is 3.03. The van der Waals surface area contributed by atoms with E-state index in [1.54, 1.807) is 0 Å². The summed E-state index contributed by atoms with van der Waals surface area (Å²) in [7, 11) is 0. The van der Waals surface area contributed by atoms with Gasteiger partial charge in [0.15, 0.2) is 0 Å². The zero-order valence-electron chi connectivity index (χ0n) is 5.84.